The Morgan fingerprint density at radius 1 is 1.33 bits per heavy atom. The van der Waals surface area contributed by atoms with Gasteiger partial charge in [-0.25, -0.2) is 4.98 Å². The molecular formula is C13H17N3OS. The van der Waals surface area contributed by atoms with Crippen LogP contribution < -0.4 is 5.56 Å². The second-order valence-electron chi connectivity index (χ2n) is 4.92. The zero-order valence-corrected chi connectivity index (χ0v) is 11.4. The van der Waals surface area contributed by atoms with E-state index in [0.717, 1.165) is 36.0 Å². The summed E-state index contributed by atoms with van der Waals surface area (Å²) in [5.74, 6) is 0. The Kier molecular flexibility index (Phi) is 3.18. The van der Waals surface area contributed by atoms with Crippen molar-refractivity contribution < 1.29 is 0 Å². The third kappa shape index (κ3) is 2.20. The van der Waals surface area contributed by atoms with Gasteiger partial charge in [-0.1, -0.05) is 6.42 Å². The first-order valence-electron chi connectivity index (χ1n) is 6.43. The van der Waals surface area contributed by atoms with E-state index in [4.69, 9.17) is 0 Å². The molecule has 0 aliphatic carbocycles. The summed E-state index contributed by atoms with van der Waals surface area (Å²) >= 11 is 1.54. The average Bonchev–Trinajstić information content (AvgIpc) is 2.72. The normalized spacial score (nSPS) is 17.4. The lowest BCUT2D eigenvalue weighted by molar-refractivity contribution is 0.218. The molecule has 5 heteroatoms. The Balaban J connectivity index is 1.90. The number of nitrogens with zero attached hydrogens (tertiary/aromatic N) is 3. The number of aryl methyl sites for hydroxylation is 1. The van der Waals surface area contributed by atoms with E-state index in [1.807, 2.05) is 12.3 Å². The minimum absolute atomic E-state index is 0.0470. The molecule has 18 heavy (non-hydrogen) atoms. The molecule has 0 bridgehead atoms. The molecule has 4 nitrogen and oxygen atoms in total. The standard InChI is InChI=1S/C13H17N3OS/c1-10-9-18-13-14-11(7-12(17)16(10)13)8-15-5-3-2-4-6-15/h7,9H,2-6,8H2,1H3. The number of fused-ring (bicyclic) bond motifs is 1. The van der Waals surface area contributed by atoms with Crippen molar-refractivity contribution in [1.82, 2.24) is 14.3 Å². The zero-order valence-electron chi connectivity index (χ0n) is 10.6. The van der Waals surface area contributed by atoms with Gasteiger partial charge in [-0.05, 0) is 32.9 Å². The summed E-state index contributed by atoms with van der Waals surface area (Å²) in [4.78, 5) is 19.8. The predicted molar refractivity (Wildman–Crippen MR) is 73.2 cm³/mol. The van der Waals surface area contributed by atoms with Gasteiger partial charge in [0.1, 0.15) is 0 Å². The van der Waals surface area contributed by atoms with Crippen molar-refractivity contribution in [3.63, 3.8) is 0 Å². The van der Waals surface area contributed by atoms with Crippen molar-refractivity contribution in [2.45, 2.75) is 32.7 Å². The fourth-order valence-electron chi connectivity index (χ4n) is 2.53. The first kappa shape index (κ1) is 11.9. The maximum absolute atomic E-state index is 12.0. The van der Waals surface area contributed by atoms with Crippen molar-refractivity contribution >= 4 is 16.3 Å². The summed E-state index contributed by atoms with van der Waals surface area (Å²) in [7, 11) is 0. The number of aromatic nitrogens is 2. The molecule has 0 aromatic carbocycles. The van der Waals surface area contributed by atoms with Gasteiger partial charge in [0, 0.05) is 23.7 Å². The van der Waals surface area contributed by atoms with Crippen molar-refractivity contribution in [1.29, 1.82) is 0 Å². The van der Waals surface area contributed by atoms with E-state index < -0.39 is 0 Å². The largest absolute Gasteiger partial charge is 0.298 e. The molecule has 96 valence electrons. The lowest BCUT2D eigenvalue weighted by atomic mass is 10.1. The van der Waals surface area contributed by atoms with Gasteiger partial charge in [-0.3, -0.25) is 14.1 Å². The van der Waals surface area contributed by atoms with Crippen LogP contribution >= 0.6 is 11.3 Å². The highest BCUT2D eigenvalue weighted by molar-refractivity contribution is 7.15. The number of piperidine rings is 1. The van der Waals surface area contributed by atoms with Gasteiger partial charge in [-0.15, -0.1) is 11.3 Å². The van der Waals surface area contributed by atoms with Crippen molar-refractivity contribution in [2.75, 3.05) is 13.1 Å². The highest BCUT2D eigenvalue weighted by atomic mass is 32.1. The third-order valence-electron chi connectivity index (χ3n) is 3.46. The van der Waals surface area contributed by atoms with Crippen LogP contribution in [0.2, 0.25) is 0 Å². The van der Waals surface area contributed by atoms with Gasteiger partial charge < -0.3 is 0 Å². The Hall–Kier alpha value is -1.20. The molecule has 1 aliphatic rings. The number of hydrogen-bond donors (Lipinski definition) is 0. The minimum atomic E-state index is 0.0470. The van der Waals surface area contributed by atoms with Crippen LogP contribution in [-0.2, 0) is 6.54 Å². The molecule has 0 saturated carbocycles. The number of rotatable bonds is 2. The highest BCUT2D eigenvalue weighted by Gasteiger charge is 2.13. The Morgan fingerprint density at radius 3 is 2.89 bits per heavy atom. The molecular weight excluding hydrogens is 246 g/mol. The smallest absolute Gasteiger partial charge is 0.259 e. The average molecular weight is 263 g/mol. The van der Waals surface area contributed by atoms with Gasteiger partial charge in [0.2, 0.25) is 0 Å². The predicted octanol–water partition coefficient (Wildman–Crippen LogP) is 2.05. The van der Waals surface area contributed by atoms with Gasteiger partial charge >= 0.3 is 0 Å². The molecule has 0 N–H and O–H groups in total. The molecule has 2 aromatic heterocycles. The molecule has 3 heterocycles. The second kappa shape index (κ2) is 4.82. The summed E-state index contributed by atoms with van der Waals surface area (Å²) in [5, 5.41) is 1.98. The third-order valence-corrected chi connectivity index (χ3v) is 4.41. The van der Waals surface area contributed by atoms with Gasteiger partial charge in [0.25, 0.3) is 5.56 Å². The van der Waals surface area contributed by atoms with Crippen LogP contribution in [0.5, 0.6) is 0 Å². The monoisotopic (exact) mass is 263 g/mol. The van der Waals surface area contributed by atoms with Gasteiger partial charge in [-0.2, -0.15) is 0 Å². The molecule has 0 unspecified atom stereocenters. The number of likely N-dealkylation sites (tertiary alicyclic amines) is 1. The van der Waals surface area contributed by atoms with E-state index >= 15 is 0 Å². The van der Waals surface area contributed by atoms with E-state index in [1.54, 1.807) is 10.5 Å². The summed E-state index contributed by atoms with van der Waals surface area (Å²) < 4.78 is 1.68. The van der Waals surface area contributed by atoms with Crippen molar-refractivity contribution in [2.24, 2.45) is 0 Å². The van der Waals surface area contributed by atoms with Crippen LogP contribution in [0.4, 0.5) is 0 Å². The summed E-state index contributed by atoms with van der Waals surface area (Å²) in [6, 6.07) is 1.68. The maximum Gasteiger partial charge on any atom is 0.259 e. The molecule has 2 aromatic rings. The van der Waals surface area contributed by atoms with Crippen LogP contribution in [0.15, 0.2) is 16.2 Å². The lowest BCUT2D eigenvalue weighted by Crippen LogP contribution is -2.30. The Bertz CT molecular complexity index is 610. The molecule has 0 atom stereocenters. The van der Waals surface area contributed by atoms with E-state index in [-0.39, 0.29) is 5.56 Å². The fraction of sp³-hybridized carbons (Fsp3) is 0.538. The second-order valence-corrected chi connectivity index (χ2v) is 5.75. The van der Waals surface area contributed by atoms with Crippen LogP contribution in [0.1, 0.15) is 30.7 Å². The quantitative estimate of drug-likeness (QED) is 0.832. The molecule has 0 spiro atoms. The van der Waals surface area contributed by atoms with Gasteiger partial charge in [0.15, 0.2) is 4.96 Å². The maximum atomic E-state index is 12.0. The Morgan fingerprint density at radius 2 is 2.11 bits per heavy atom. The molecule has 1 fully saturated rings. The van der Waals surface area contributed by atoms with E-state index in [1.165, 1.54) is 30.6 Å². The Labute approximate surface area is 110 Å². The fourth-order valence-corrected chi connectivity index (χ4v) is 3.42. The summed E-state index contributed by atoms with van der Waals surface area (Å²) in [5.41, 5.74) is 1.92. The zero-order chi connectivity index (χ0) is 12.5. The molecule has 3 rings (SSSR count). The van der Waals surface area contributed by atoms with Crippen LogP contribution in [0, 0.1) is 6.92 Å². The molecule has 0 amide bonds. The highest BCUT2D eigenvalue weighted by Crippen LogP contribution is 2.14. The molecule has 1 saturated heterocycles. The molecule has 1 aliphatic heterocycles. The van der Waals surface area contributed by atoms with E-state index in [9.17, 15) is 4.79 Å². The first-order valence-corrected chi connectivity index (χ1v) is 7.31. The van der Waals surface area contributed by atoms with E-state index in [2.05, 4.69) is 9.88 Å². The van der Waals surface area contributed by atoms with Crippen molar-refractivity contribution in [3.05, 3.63) is 33.2 Å². The van der Waals surface area contributed by atoms with Crippen LogP contribution in [-0.4, -0.2) is 27.4 Å². The first-order chi connectivity index (χ1) is 8.74. The topological polar surface area (TPSA) is 37.6 Å². The molecule has 0 radical (unpaired) electrons. The lowest BCUT2D eigenvalue weighted by Gasteiger charge is -2.25. The van der Waals surface area contributed by atoms with E-state index in [0.29, 0.717) is 0 Å². The number of thiazole rings is 1. The number of hydrogen-bond acceptors (Lipinski definition) is 4. The minimum Gasteiger partial charge on any atom is -0.298 e. The van der Waals surface area contributed by atoms with Crippen LogP contribution in [0.3, 0.4) is 0 Å². The van der Waals surface area contributed by atoms with Crippen molar-refractivity contribution in [3.8, 4) is 0 Å². The summed E-state index contributed by atoms with van der Waals surface area (Å²) in [6.07, 6.45) is 3.86. The van der Waals surface area contributed by atoms with Gasteiger partial charge in [0.05, 0.1) is 5.69 Å². The summed E-state index contributed by atoms with van der Waals surface area (Å²) in [6.45, 7) is 5.01. The SMILES string of the molecule is Cc1csc2nc(CN3CCCCC3)cc(=O)n12. The van der Waals surface area contributed by atoms with Crippen LogP contribution in [0.25, 0.3) is 4.96 Å².